The summed E-state index contributed by atoms with van der Waals surface area (Å²) in [5.74, 6) is 4.70. The molecule has 0 amide bonds. The summed E-state index contributed by atoms with van der Waals surface area (Å²) in [5, 5.41) is 0. The molecule has 0 aromatic carbocycles. The van der Waals surface area contributed by atoms with Gasteiger partial charge in [-0.2, -0.15) is 0 Å². The van der Waals surface area contributed by atoms with Gasteiger partial charge in [-0.25, -0.2) is 0 Å². The summed E-state index contributed by atoms with van der Waals surface area (Å²) in [6, 6.07) is 0. The summed E-state index contributed by atoms with van der Waals surface area (Å²) < 4.78 is 0. The second-order valence-corrected chi connectivity index (χ2v) is 11.3. The van der Waals surface area contributed by atoms with E-state index in [0.29, 0.717) is 0 Å². The van der Waals surface area contributed by atoms with E-state index in [4.69, 9.17) is 0 Å². The number of hydrogen-bond acceptors (Lipinski definition) is 1. The zero-order valence-corrected chi connectivity index (χ0v) is 33.6. The zero-order valence-electron chi connectivity index (χ0n) is 27.3. The Kier molecular flexibility index (Phi) is 24.7. The van der Waals surface area contributed by atoms with Gasteiger partial charge >= 0.3 is 103 Å². The molecular weight excluding hydrogens is 501 g/mol. The maximum absolute atomic E-state index is 2.54. The van der Waals surface area contributed by atoms with Crippen molar-refractivity contribution in [1.29, 1.82) is 0 Å². The van der Waals surface area contributed by atoms with E-state index >= 15 is 0 Å². The maximum atomic E-state index is 2.54. The molecule has 4 aliphatic rings. The van der Waals surface area contributed by atoms with E-state index in [1.165, 1.54) is 65.5 Å². The molecule has 4 aliphatic carbocycles. The molecule has 0 spiro atoms. The van der Waals surface area contributed by atoms with Crippen molar-refractivity contribution < 1.29 is 103 Å². The largest absolute Gasteiger partial charge is 1.00 e. The van der Waals surface area contributed by atoms with Crippen LogP contribution in [0.1, 0.15) is 87.5 Å². The van der Waals surface area contributed by atoms with Gasteiger partial charge in [0.05, 0.1) is 0 Å². The Morgan fingerprint density at radius 1 is 0.703 bits per heavy atom. The van der Waals surface area contributed by atoms with E-state index in [9.17, 15) is 0 Å². The van der Waals surface area contributed by atoms with Crippen LogP contribution < -0.4 is 103 Å². The first-order valence-corrected chi connectivity index (χ1v) is 13.3. The van der Waals surface area contributed by atoms with Gasteiger partial charge in [0.1, 0.15) is 0 Å². The molecule has 2 fully saturated rings. The van der Waals surface area contributed by atoms with Crippen LogP contribution >= 0.6 is 0 Å². The minimum atomic E-state index is 0. The van der Waals surface area contributed by atoms with Crippen LogP contribution in [0.3, 0.4) is 0 Å². The molecule has 0 saturated heterocycles. The average molecular weight is 558 g/mol. The van der Waals surface area contributed by atoms with Crippen molar-refractivity contribution >= 4 is 0 Å². The van der Waals surface area contributed by atoms with E-state index in [1.54, 1.807) is 0 Å². The van der Waals surface area contributed by atoms with Crippen LogP contribution in [-0.4, -0.2) is 19.0 Å². The SMILES string of the molecule is CC1=C(C)C(C)=C(C)C1=CC1CCCC1.CC1CC(C)C(C)C1C.CN(C)C=C1C=CC=C1.[CH3-].[CH3-].[K+].[K+]. The summed E-state index contributed by atoms with van der Waals surface area (Å²) in [5.41, 5.74) is 8.82. The van der Waals surface area contributed by atoms with Crippen LogP contribution in [0.2, 0.25) is 0 Å². The molecule has 4 atom stereocenters. The normalized spacial score (nSPS) is 25.7. The second-order valence-electron chi connectivity index (χ2n) is 11.3. The molecule has 0 N–H and O–H groups in total. The smallest absolute Gasteiger partial charge is 0.383 e. The zero-order chi connectivity index (χ0) is 24.7. The van der Waals surface area contributed by atoms with Gasteiger partial charge < -0.3 is 19.8 Å². The summed E-state index contributed by atoms with van der Waals surface area (Å²) in [6.07, 6.45) is 20.0. The minimum absolute atomic E-state index is 0. The summed E-state index contributed by atoms with van der Waals surface area (Å²) >= 11 is 0. The summed E-state index contributed by atoms with van der Waals surface area (Å²) in [7, 11) is 4.04. The number of nitrogens with zero attached hydrogens (tertiary/aromatic N) is 1. The average Bonchev–Trinajstić information content (AvgIpc) is 3.54. The molecule has 4 unspecified atom stereocenters. The molecule has 1 nitrogen and oxygen atoms in total. The second kappa shape index (κ2) is 21.2. The predicted molar refractivity (Wildman–Crippen MR) is 161 cm³/mol. The van der Waals surface area contributed by atoms with Crippen molar-refractivity contribution in [2.45, 2.75) is 87.5 Å². The Morgan fingerprint density at radius 2 is 1.11 bits per heavy atom. The van der Waals surface area contributed by atoms with Crippen molar-refractivity contribution in [3.63, 3.8) is 0 Å². The van der Waals surface area contributed by atoms with Crippen molar-refractivity contribution in [1.82, 2.24) is 4.90 Å². The summed E-state index contributed by atoms with van der Waals surface area (Å²) in [4.78, 5) is 2.04. The summed E-state index contributed by atoms with van der Waals surface area (Å²) in [6.45, 7) is 18.6. The Hall–Kier alpha value is 1.51. The fourth-order valence-corrected chi connectivity index (χ4v) is 5.68. The van der Waals surface area contributed by atoms with E-state index in [2.05, 4.69) is 79.8 Å². The fourth-order valence-electron chi connectivity index (χ4n) is 5.68. The third kappa shape index (κ3) is 13.4. The van der Waals surface area contributed by atoms with Gasteiger partial charge in [0, 0.05) is 20.3 Å². The molecule has 4 rings (SSSR count). The molecule has 2 saturated carbocycles. The van der Waals surface area contributed by atoms with Crippen LogP contribution in [0.25, 0.3) is 0 Å². The molecule has 0 radical (unpaired) electrons. The van der Waals surface area contributed by atoms with Crippen molar-refractivity contribution in [2.24, 2.45) is 29.6 Å². The molecule has 0 aromatic rings. The van der Waals surface area contributed by atoms with Gasteiger partial charge in [0.2, 0.25) is 0 Å². The quantitative estimate of drug-likeness (QED) is 0.364. The van der Waals surface area contributed by atoms with Crippen LogP contribution in [0.4, 0.5) is 0 Å². The van der Waals surface area contributed by atoms with Crippen LogP contribution in [-0.2, 0) is 0 Å². The fraction of sp³-hybridized carbons (Fsp3) is 0.588. The number of rotatable bonds is 2. The van der Waals surface area contributed by atoms with Gasteiger partial charge in [0.25, 0.3) is 0 Å². The van der Waals surface area contributed by atoms with Gasteiger partial charge in [0.15, 0.2) is 0 Å². The first-order valence-electron chi connectivity index (χ1n) is 13.3. The molecule has 200 valence electrons. The first-order chi connectivity index (χ1) is 15.5. The third-order valence-corrected chi connectivity index (χ3v) is 8.76. The van der Waals surface area contributed by atoms with Gasteiger partial charge in [-0.1, -0.05) is 70.9 Å². The van der Waals surface area contributed by atoms with E-state index < -0.39 is 0 Å². The Bertz CT molecular complexity index is 795. The van der Waals surface area contributed by atoms with Gasteiger partial charge in [-0.15, -0.1) is 0 Å². The van der Waals surface area contributed by atoms with Crippen molar-refractivity contribution in [3.05, 3.63) is 84.9 Å². The third-order valence-electron chi connectivity index (χ3n) is 8.76. The molecular formula is C34H57K2N. The molecule has 0 heterocycles. The maximum Gasteiger partial charge on any atom is 1.00 e. The topological polar surface area (TPSA) is 3.24 Å². The van der Waals surface area contributed by atoms with Crippen molar-refractivity contribution in [3.8, 4) is 0 Å². The number of hydrogen-bond donors (Lipinski definition) is 0. The minimum Gasteiger partial charge on any atom is -0.383 e. The van der Waals surface area contributed by atoms with Crippen LogP contribution in [0.5, 0.6) is 0 Å². The van der Waals surface area contributed by atoms with Crippen LogP contribution in [0, 0.1) is 44.4 Å². The van der Waals surface area contributed by atoms with Gasteiger partial charge in [-0.3, -0.25) is 0 Å². The Balaban J connectivity index is -0.000000466. The molecule has 0 bridgehead atoms. The standard InChI is InChI=1S/C15H22.C9H18.C8H11N.2CH3.2K/c1-10-11(2)13(4)15(12(10)3)9-14-7-5-6-8-14;1-6-5-7(2)9(4)8(6)3;1-9(2)7-8-5-3-4-6-8;;;;/h9,14H,5-8H2,1-4H3;6-9H,5H2,1-4H3;3-7H,1-2H3;2*1H3;;/q;;;2*-1;2*+1. The first kappa shape index (κ1) is 43.0. The predicted octanol–water partition coefficient (Wildman–Crippen LogP) is 4.19. The molecule has 0 aromatic heterocycles. The van der Waals surface area contributed by atoms with E-state index in [1.807, 2.05) is 31.1 Å². The van der Waals surface area contributed by atoms with E-state index in [-0.39, 0.29) is 118 Å². The van der Waals surface area contributed by atoms with Crippen molar-refractivity contribution in [2.75, 3.05) is 14.1 Å². The number of allylic oxidation sites excluding steroid dienone is 11. The molecule has 37 heavy (non-hydrogen) atoms. The monoisotopic (exact) mass is 557 g/mol. The Morgan fingerprint density at radius 3 is 1.43 bits per heavy atom. The van der Waals surface area contributed by atoms with E-state index in [0.717, 1.165) is 29.6 Å². The Labute approximate surface area is 318 Å². The van der Waals surface area contributed by atoms with Gasteiger partial charge in [-0.05, 0) is 110 Å². The molecule has 3 heteroatoms. The van der Waals surface area contributed by atoms with Crippen LogP contribution in [0.15, 0.2) is 70.0 Å². The molecule has 0 aliphatic heterocycles.